The lowest BCUT2D eigenvalue weighted by Crippen LogP contribution is -2.43. The van der Waals surface area contributed by atoms with Crippen LogP contribution in [0.3, 0.4) is 0 Å². The van der Waals surface area contributed by atoms with Crippen molar-refractivity contribution in [2.45, 2.75) is 24.8 Å². The summed E-state index contributed by atoms with van der Waals surface area (Å²) >= 11 is 0. The molecule has 0 spiro atoms. The fraction of sp³-hybridized carbons (Fsp3) is 0.571. The highest BCUT2D eigenvalue weighted by Gasteiger charge is 2.38. The molecule has 0 aliphatic heterocycles. The quantitative estimate of drug-likeness (QED) is 0.701. The van der Waals surface area contributed by atoms with Crippen molar-refractivity contribution in [3.63, 3.8) is 0 Å². The van der Waals surface area contributed by atoms with E-state index in [-0.39, 0.29) is 17.9 Å². The van der Waals surface area contributed by atoms with Crippen LogP contribution in [-0.4, -0.2) is 4.98 Å². The Morgan fingerprint density at radius 2 is 2.27 bits per heavy atom. The maximum Gasteiger partial charge on any atom is 0.214 e. The molecule has 11 heavy (non-hydrogen) atoms. The Bertz CT molecular complexity index is 218. The van der Waals surface area contributed by atoms with Crippen molar-refractivity contribution in [1.29, 1.82) is 0 Å². The number of nitrogens with zero attached hydrogens (tertiary/aromatic N) is 1. The smallest absolute Gasteiger partial charge is 0.214 e. The Hall–Kier alpha value is -0.540. The van der Waals surface area contributed by atoms with Crippen LogP contribution in [0, 0.1) is 0 Å². The van der Waals surface area contributed by atoms with E-state index < -0.39 is 0 Å². The van der Waals surface area contributed by atoms with E-state index in [0.29, 0.717) is 5.89 Å². The molecule has 0 aromatic carbocycles. The third-order valence-electron chi connectivity index (χ3n) is 2.10. The minimum absolute atomic E-state index is 0. The molecule has 1 aliphatic carbocycles. The lowest BCUT2D eigenvalue weighted by atomic mass is 9.78. The molecule has 62 valence electrons. The van der Waals surface area contributed by atoms with Gasteiger partial charge >= 0.3 is 0 Å². The molecule has 0 atom stereocenters. The van der Waals surface area contributed by atoms with Crippen molar-refractivity contribution in [3.05, 3.63) is 18.4 Å². The zero-order chi connectivity index (χ0) is 7.03. The number of hydrogen-bond acceptors (Lipinski definition) is 3. The Morgan fingerprint density at radius 3 is 2.64 bits per heavy atom. The summed E-state index contributed by atoms with van der Waals surface area (Å²) in [6, 6.07) is 0. The normalized spacial score (nSPS) is 20.1. The van der Waals surface area contributed by atoms with Crippen LogP contribution >= 0.6 is 12.4 Å². The zero-order valence-electron chi connectivity index (χ0n) is 6.12. The predicted octanol–water partition coefficient (Wildman–Crippen LogP) is 1.43. The van der Waals surface area contributed by atoms with E-state index in [0.717, 1.165) is 12.8 Å². The number of hydrogen-bond donors (Lipinski definition) is 1. The number of rotatable bonds is 1. The monoisotopic (exact) mass is 174 g/mol. The second-order valence-electron chi connectivity index (χ2n) is 2.85. The summed E-state index contributed by atoms with van der Waals surface area (Å²) in [5, 5.41) is 0. The summed E-state index contributed by atoms with van der Waals surface area (Å²) in [6.45, 7) is 0. The van der Waals surface area contributed by atoms with Crippen molar-refractivity contribution >= 4 is 12.4 Å². The average molecular weight is 175 g/mol. The van der Waals surface area contributed by atoms with Crippen LogP contribution in [0.5, 0.6) is 0 Å². The van der Waals surface area contributed by atoms with E-state index in [1.807, 2.05) is 0 Å². The fourth-order valence-electron chi connectivity index (χ4n) is 1.24. The van der Waals surface area contributed by atoms with E-state index in [1.54, 1.807) is 12.5 Å². The van der Waals surface area contributed by atoms with Crippen LogP contribution in [0.25, 0.3) is 0 Å². The SMILES string of the molecule is Cl.NC1(c2ncco2)CCC1. The highest BCUT2D eigenvalue weighted by molar-refractivity contribution is 5.85. The van der Waals surface area contributed by atoms with Crippen molar-refractivity contribution in [2.24, 2.45) is 5.73 Å². The van der Waals surface area contributed by atoms with Gasteiger partial charge in [-0.3, -0.25) is 0 Å². The topological polar surface area (TPSA) is 52.0 Å². The first-order valence-electron chi connectivity index (χ1n) is 3.50. The number of halogens is 1. The van der Waals surface area contributed by atoms with Gasteiger partial charge < -0.3 is 10.2 Å². The van der Waals surface area contributed by atoms with Gasteiger partial charge in [0.2, 0.25) is 5.89 Å². The number of nitrogens with two attached hydrogens (primary N) is 1. The first-order valence-corrected chi connectivity index (χ1v) is 3.50. The third kappa shape index (κ3) is 1.26. The van der Waals surface area contributed by atoms with E-state index in [4.69, 9.17) is 10.2 Å². The molecule has 1 aromatic heterocycles. The predicted molar refractivity (Wildman–Crippen MR) is 43.5 cm³/mol. The molecule has 2 N–H and O–H groups in total. The Labute approximate surface area is 71.4 Å². The van der Waals surface area contributed by atoms with E-state index >= 15 is 0 Å². The first-order chi connectivity index (χ1) is 4.81. The van der Waals surface area contributed by atoms with E-state index in [9.17, 15) is 0 Å². The minimum Gasteiger partial charge on any atom is -0.447 e. The summed E-state index contributed by atoms with van der Waals surface area (Å²) in [4.78, 5) is 4.02. The van der Waals surface area contributed by atoms with Crippen LogP contribution in [0.4, 0.5) is 0 Å². The molecular weight excluding hydrogens is 164 g/mol. The second-order valence-corrected chi connectivity index (χ2v) is 2.85. The standard InChI is InChI=1S/C7H10N2O.ClH/c8-7(2-1-3-7)6-9-4-5-10-6;/h4-5H,1-3,8H2;1H. The number of oxazole rings is 1. The molecule has 1 heterocycles. The van der Waals surface area contributed by atoms with Crippen molar-refractivity contribution in [1.82, 2.24) is 4.98 Å². The van der Waals surface area contributed by atoms with Gasteiger partial charge in [0, 0.05) is 0 Å². The van der Waals surface area contributed by atoms with Gasteiger partial charge in [-0.05, 0) is 19.3 Å². The van der Waals surface area contributed by atoms with Crippen molar-refractivity contribution < 1.29 is 4.42 Å². The third-order valence-corrected chi connectivity index (χ3v) is 2.10. The van der Waals surface area contributed by atoms with Crippen LogP contribution in [0.1, 0.15) is 25.2 Å². The van der Waals surface area contributed by atoms with Gasteiger partial charge in [-0.2, -0.15) is 0 Å². The van der Waals surface area contributed by atoms with Gasteiger partial charge in [-0.1, -0.05) is 0 Å². The summed E-state index contributed by atoms with van der Waals surface area (Å²) in [5.74, 6) is 0.693. The molecule has 4 heteroatoms. The van der Waals surface area contributed by atoms with E-state index in [2.05, 4.69) is 4.98 Å². The molecule has 0 unspecified atom stereocenters. The number of aromatic nitrogens is 1. The first kappa shape index (κ1) is 8.56. The molecule has 1 fully saturated rings. The minimum atomic E-state index is -0.233. The highest BCUT2D eigenvalue weighted by atomic mass is 35.5. The lowest BCUT2D eigenvalue weighted by molar-refractivity contribution is 0.199. The van der Waals surface area contributed by atoms with Gasteiger partial charge in [0.15, 0.2) is 0 Å². The average Bonchev–Trinajstić information content (AvgIpc) is 2.33. The zero-order valence-corrected chi connectivity index (χ0v) is 6.93. The largest absolute Gasteiger partial charge is 0.447 e. The van der Waals surface area contributed by atoms with Gasteiger partial charge in [0.1, 0.15) is 6.26 Å². The molecule has 0 radical (unpaired) electrons. The van der Waals surface area contributed by atoms with Gasteiger partial charge in [-0.15, -0.1) is 12.4 Å². The maximum absolute atomic E-state index is 5.91. The Kier molecular flexibility index (Phi) is 2.20. The Balaban J connectivity index is 0.000000605. The highest BCUT2D eigenvalue weighted by Crippen LogP contribution is 2.37. The van der Waals surface area contributed by atoms with Gasteiger partial charge in [-0.25, -0.2) is 4.98 Å². The maximum atomic E-state index is 5.91. The van der Waals surface area contributed by atoms with Gasteiger partial charge in [0.05, 0.1) is 11.7 Å². The van der Waals surface area contributed by atoms with Crippen LogP contribution < -0.4 is 5.73 Å². The summed E-state index contributed by atoms with van der Waals surface area (Å²) < 4.78 is 5.10. The van der Waals surface area contributed by atoms with Crippen molar-refractivity contribution in [3.8, 4) is 0 Å². The molecule has 0 saturated heterocycles. The van der Waals surface area contributed by atoms with Crippen LogP contribution in [0.15, 0.2) is 16.9 Å². The molecule has 1 aromatic rings. The Morgan fingerprint density at radius 1 is 1.55 bits per heavy atom. The fourth-order valence-corrected chi connectivity index (χ4v) is 1.24. The van der Waals surface area contributed by atoms with E-state index in [1.165, 1.54) is 6.42 Å². The molecule has 0 amide bonds. The van der Waals surface area contributed by atoms with Gasteiger partial charge in [0.25, 0.3) is 0 Å². The molecule has 1 aliphatic rings. The molecule has 2 rings (SSSR count). The molecular formula is C7H11ClN2O. The van der Waals surface area contributed by atoms with Crippen LogP contribution in [-0.2, 0) is 5.54 Å². The lowest BCUT2D eigenvalue weighted by Gasteiger charge is -2.34. The molecule has 3 nitrogen and oxygen atoms in total. The van der Waals surface area contributed by atoms with Crippen LogP contribution in [0.2, 0.25) is 0 Å². The van der Waals surface area contributed by atoms with Crippen molar-refractivity contribution in [2.75, 3.05) is 0 Å². The summed E-state index contributed by atoms with van der Waals surface area (Å²) in [6.07, 6.45) is 6.42. The second kappa shape index (κ2) is 2.83. The molecule has 1 saturated carbocycles. The molecule has 0 bridgehead atoms. The summed E-state index contributed by atoms with van der Waals surface area (Å²) in [7, 11) is 0. The summed E-state index contributed by atoms with van der Waals surface area (Å²) in [5.41, 5.74) is 5.68.